The maximum Gasteiger partial charge on any atom is 0.269 e. The van der Waals surface area contributed by atoms with E-state index in [2.05, 4.69) is 20.8 Å². The molecular weight excluding hydrogens is 368 g/mol. The van der Waals surface area contributed by atoms with E-state index in [1.165, 1.54) is 23.9 Å². The van der Waals surface area contributed by atoms with E-state index in [1.54, 1.807) is 42.9 Å². The molecule has 27 heavy (non-hydrogen) atoms. The number of anilines is 1. The molecule has 1 heterocycles. The third-order valence-corrected chi connectivity index (χ3v) is 4.85. The van der Waals surface area contributed by atoms with Crippen LogP contribution >= 0.6 is 11.8 Å². The Labute approximate surface area is 158 Å². The lowest BCUT2D eigenvalue weighted by atomic mass is 10.2. The smallest absolute Gasteiger partial charge is 0.269 e. The molecule has 10 heteroatoms. The van der Waals surface area contributed by atoms with Gasteiger partial charge in [-0.15, -0.1) is 16.9 Å². The summed E-state index contributed by atoms with van der Waals surface area (Å²) in [5.74, 6) is 0.422. The van der Waals surface area contributed by atoms with Crippen LogP contribution in [0, 0.1) is 10.1 Å². The van der Waals surface area contributed by atoms with Gasteiger partial charge in [-0.05, 0) is 41.6 Å². The number of nitro benzene ring substituents is 1. The fraction of sp³-hybridized carbons (Fsp3) is 0.176. The fourth-order valence-corrected chi connectivity index (χ4v) is 3.23. The number of benzene rings is 2. The number of rotatable bonds is 6. The van der Waals surface area contributed by atoms with Crippen molar-refractivity contribution in [2.75, 3.05) is 5.32 Å². The molecule has 0 radical (unpaired) electrons. The highest BCUT2D eigenvalue weighted by molar-refractivity contribution is 8.00. The summed E-state index contributed by atoms with van der Waals surface area (Å²) >= 11 is 1.32. The lowest BCUT2D eigenvalue weighted by Gasteiger charge is -2.12. The number of hydrogen-bond donors (Lipinski definition) is 1. The van der Waals surface area contributed by atoms with Gasteiger partial charge in [0.2, 0.25) is 5.91 Å². The van der Waals surface area contributed by atoms with Gasteiger partial charge in [-0.3, -0.25) is 14.9 Å². The van der Waals surface area contributed by atoms with Gasteiger partial charge in [0.05, 0.1) is 10.2 Å². The molecule has 1 amide bonds. The van der Waals surface area contributed by atoms with Crippen LogP contribution in [0.3, 0.4) is 0 Å². The summed E-state index contributed by atoms with van der Waals surface area (Å²) in [6.45, 7) is 1.78. The average Bonchev–Trinajstić information content (AvgIpc) is 3.08. The number of tetrazole rings is 1. The predicted molar refractivity (Wildman–Crippen MR) is 101 cm³/mol. The zero-order valence-corrected chi connectivity index (χ0v) is 15.4. The lowest BCUT2D eigenvalue weighted by Crippen LogP contribution is -2.22. The third kappa shape index (κ3) is 4.47. The van der Waals surface area contributed by atoms with Gasteiger partial charge in [0, 0.05) is 35.3 Å². The Hall–Kier alpha value is -3.27. The molecule has 0 spiro atoms. The SMILES string of the molecule is CC(Sc1ccc([N+](=O)[O-])cc1)C(=O)Nc1cccc(-c2nnnn2C)c1. The average molecular weight is 384 g/mol. The van der Waals surface area contributed by atoms with Gasteiger partial charge >= 0.3 is 0 Å². The van der Waals surface area contributed by atoms with E-state index in [9.17, 15) is 14.9 Å². The van der Waals surface area contributed by atoms with E-state index in [0.29, 0.717) is 11.5 Å². The molecule has 3 aromatic rings. The van der Waals surface area contributed by atoms with Gasteiger partial charge in [0.15, 0.2) is 5.82 Å². The van der Waals surface area contributed by atoms with Crippen LogP contribution in [0.15, 0.2) is 53.4 Å². The summed E-state index contributed by atoms with van der Waals surface area (Å²) in [5, 5.41) is 24.5. The van der Waals surface area contributed by atoms with E-state index in [-0.39, 0.29) is 16.8 Å². The number of carbonyl (C=O) groups excluding carboxylic acids is 1. The molecule has 3 rings (SSSR count). The van der Waals surface area contributed by atoms with Crippen molar-refractivity contribution < 1.29 is 9.72 Å². The number of nitro groups is 1. The largest absolute Gasteiger partial charge is 0.325 e. The Morgan fingerprint density at radius 3 is 2.63 bits per heavy atom. The maximum absolute atomic E-state index is 12.5. The van der Waals surface area contributed by atoms with Crippen molar-refractivity contribution >= 4 is 29.0 Å². The van der Waals surface area contributed by atoms with E-state index in [4.69, 9.17) is 0 Å². The quantitative estimate of drug-likeness (QED) is 0.394. The van der Waals surface area contributed by atoms with Crippen molar-refractivity contribution in [3.05, 3.63) is 58.6 Å². The minimum absolute atomic E-state index is 0.0199. The summed E-state index contributed by atoms with van der Waals surface area (Å²) in [6.07, 6.45) is 0. The van der Waals surface area contributed by atoms with Crippen LogP contribution in [-0.2, 0) is 11.8 Å². The molecule has 1 aromatic heterocycles. The van der Waals surface area contributed by atoms with Gasteiger partial charge < -0.3 is 5.32 Å². The summed E-state index contributed by atoms with van der Waals surface area (Å²) < 4.78 is 1.55. The third-order valence-electron chi connectivity index (χ3n) is 3.74. The Kier molecular flexibility index (Phi) is 5.46. The minimum Gasteiger partial charge on any atom is -0.325 e. The van der Waals surface area contributed by atoms with Crippen LogP contribution in [0.25, 0.3) is 11.4 Å². The Balaban J connectivity index is 1.66. The zero-order valence-electron chi connectivity index (χ0n) is 14.6. The van der Waals surface area contributed by atoms with Crippen LogP contribution in [0.5, 0.6) is 0 Å². The molecule has 0 saturated heterocycles. The summed E-state index contributed by atoms with van der Waals surface area (Å²) in [7, 11) is 1.74. The standard InChI is InChI=1S/C17H16N6O3S/c1-11(27-15-8-6-14(7-9-15)23(25)26)17(24)18-13-5-3-4-12(10-13)16-19-20-21-22(16)2/h3-11H,1-2H3,(H,18,24). The predicted octanol–water partition coefficient (Wildman–Crippen LogP) is 2.90. The molecule has 138 valence electrons. The van der Waals surface area contributed by atoms with Crippen LogP contribution in [0.1, 0.15) is 6.92 Å². The first-order valence-electron chi connectivity index (χ1n) is 7.99. The van der Waals surface area contributed by atoms with E-state index in [1.807, 2.05) is 12.1 Å². The topological polar surface area (TPSA) is 116 Å². The molecule has 1 atom stereocenters. The van der Waals surface area contributed by atoms with Gasteiger partial charge in [-0.2, -0.15) is 0 Å². The van der Waals surface area contributed by atoms with Crippen LogP contribution in [0.4, 0.5) is 11.4 Å². The van der Waals surface area contributed by atoms with Crippen LogP contribution in [0.2, 0.25) is 0 Å². The van der Waals surface area contributed by atoms with Gasteiger partial charge in [-0.1, -0.05) is 12.1 Å². The number of thioether (sulfide) groups is 1. The van der Waals surface area contributed by atoms with Crippen LogP contribution < -0.4 is 5.32 Å². The second kappa shape index (κ2) is 7.96. The Bertz CT molecular complexity index is 973. The van der Waals surface area contributed by atoms with Gasteiger partial charge in [-0.25, -0.2) is 4.68 Å². The second-order valence-corrected chi connectivity index (χ2v) is 7.12. The number of aryl methyl sites for hydroxylation is 1. The number of carbonyl (C=O) groups is 1. The molecule has 0 saturated carbocycles. The number of nitrogens with one attached hydrogen (secondary N) is 1. The molecule has 2 aromatic carbocycles. The minimum atomic E-state index is -0.454. The van der Waals surface area contributed by atoms with Crippen molar-refractivity contribution in [1.29, 1.82) is 0 Å². The molecule has 0 aliphatic heterocycles. The molecule has 1 N–H and O–H groups in total. The van der Waals surface area contributed by atoms with Crippen molar-refractivity contribution in [3.63, 3.8) is 0 Å². The van der Waals surface area contributed by atoms with Crippen LogP contribution in [-0.4, -0.2) is 36.3 Å². The highest BCUT2D eigenvalue weighted by atomic mass is 32.2. The molecule has 0 fully saturated rings. The Morgan fingerprint density at radius 2 is 2.00 bits per heavy atom. The van der Waals surface area contributed by atoms with E-state index in [0.717, 1.165) is 10.5 Å². The monoisotopic (exact) mass is 384 g/mol. The van der Waals surface area contributed by atoms with E-state index >= 15 is 0 Å². The molecule has 0 aliphatic carbocycles. The molecule has 0 bridgehead atoms. The number of aromatic nitrogens is 4. The van der Waals surface area contributed by atoms with Crippen molar-refractivity contribution in [3.8, 4) is 11.4 Å². The molecule has 0 aliphatic rings. The second-order valence-electron chi connectivity index (χ2n) is 5.71. The Morgan fingerprint density at radius 1 is 1.26 bits per heavy atom. The molecular formula is C17H16N6O3S. The number of non-ortho nitro benzene ring substituents is 1. The summed E-state index contributed by atoms with van der Waals surface area (Å²) in [6, 6.07) is 13.4. The highest BCUT2D eigenvalue weighted by Gasteiger charge is 2.16. The molecule has 1 unspecified atom stereocenters. The summed E-state index contributed by atoms with van der Waals surface area (Å²) in [4.78, 5) is 23.5. The van der Waals surface area contributed by atoms with Gasteiger partial charge in [0.1, 0.15) is 0 Å². The first-order valence-corrected chi connectivity index (χ1v) is 8.87. The first kappa shape index (κ1) is 18.5. The number of nitrogens with zero attached hydrogens (tertiary/aromatic N) is 5. The summed E-state index contributed by atoms with van der Waals surface area (Å²) in [5.41, 5.74) is 1.44. The number of amides is 1. The normalized spacial score (nSPS) is 11.8. The lowest BCUT2D eigenvalue weighted by molar-refractivity contribution is -0.384. The van der Waals surface area contributed by atoms with Crippen molar-refractivity contribution in [2.24, 2.45) is 7.05 Å². The fourth-order valence-electron chi connectivity index (χ4n) is 2.36. The van der Waals surface area contributed by atoms with E-state index < -0.39 is 4.92 Å². The number of hydrogen-bond acceptors (Lipinski definition) is 7. The van der Waals surface area contributed by atoms with Gasteiger partial charge in [0.25, 0.3) is 5.69 Å². The first-order chi connectivity index (χ1) is 12.9. The molecule has 9 nitrogen and oxygen atoms in total. The van der Waals surface area contributed by atoms with Crippen molar-refractivity contribution in [1.82, 2.24) is 20.2 Å². The van der Waals surface area contributed by atoms with Crippen molar-refractivity contribution in [2.45, 2.75) is 17.1 Å². The maximum atomic E-state index is 12.5. The highest BCUT2D eigenvalue weighted by Crippen LogP contribution is 2.27. The zero-order chi connectivity index (χ0) is 19.4.